The summed E-state index contributed by atoms with van der Waals surface area (Å²) < 4.78 is 1.45. The molecule has 3 aromatic carbocycles. The molecule has 0 spiro atoms. The molecular weight excluding hydrogens is 364 g/mol. The molecule has 5 nitrogen and oxygen atoms in total. The largest absolute Gasteiger partial charge is 0.506 e. The van der Waals surface area contributed by atoms with Crippen LogP contribution in [0.25, 0.3) is 16.6 Å². The maximum absolute atomic E-state index is 13.3. The summed E-state index contributed by atoms with van der Waals surface area (Å²) in [6.45, 7) is 3.84. The zero-order valence-corrected chi connectivity index (χ0v) is 16.1. The SMILES string of the molecule is Cc1cccc(NC(=O)c2c(O)c3ccccc3n(-c3ccccc3)c2=O)c1C. The Hall–Kier alpha value is -3.86. The lowest BCUT2D eigenvalue weighted by molar-refractivity contribution is 0.102. The van der Waals surface area contributed by atoms with E-state index in [1.165, 1.54) is 4.57 Å². The molecule has 4 aromatic rings. The number of pyridine rings is 1. The van der Waals surface area contributed by atoms with Gasteiger partial charge < -0.3 is 10.4 Å². The van der Waals surface area contributed by atoms with Gasteiger partial charge in [0.25, 0.3) is 11.5 Å². The van der Waals surface area contributed by atoms with Crippen molar-refractivity contribution in [1.82, 2.24) is 4.57 Å². The normalized spacial score (nSPS) is 10.8. The molecule has 0 saturated heterocycles. The number of hydrogen-bond acceptors (Lipinski definition) is 3. The van der Waals surface area contributed by atoms with Crippen molar-refractivity contribution in [3.63, 3.8) is 0 Å². The number of aromatic hydroxyl groups is 1. The van der Waals surface area contributed by atoms with Crippen LogP contribution in [0.2, 0.25) is 0 Å². The molecule has 2 N–H and O–H groups in total. The number of nitrogens with zero attached hydrogens (tertiary/aromatic N) is 1. The van der Waals surface area contributed by atoms with E-state index in [2.05, 4.69) is 5.32 Å². The number of aryl methyl sites for hydroxylation is 1. The van der Waals surface area contributed by atoms with Gasteiger partial charge in [-0.3, -0.25) is 14.2 Å². The van der Waals surface area contributed by atoms with Gasteiger partial charge in [0, 0.05) is 16.8 Å². The van der Waals surface area contributed by atoms with Crippen LogP contribution in [0.4, 0.5) is 5.69 Å². The van der Waals surface area contributed by atoms with Gasteiger partial charge in [-0.15, -0.1) is 0 Å². The quantitative estimate of drug-likeness (QED) is 0.544. The lowest BCUT2D eigenvalue weighted by Gasteiger charge is -2.16. The summed E-state index contributed by atoms with van der Waals surface area (Å²) in [5.74, 6) is -0.961. The number of hydrogen-bond donors (Lipinski definition) is 2. The average Bonchev–Trinajstić information content (AvgIpc) is 2.72. The van der Waals surface area contributed by atoms with E-state index in [1.54, 1.807) is 42.5 Å². The van der Waals surface area contributed by atoms with E-state index in [0.29, 0.717) is 22.3 Å². The van der Waals surface area contributed by atoms with Gasteiger partial charge in [0.1, 0.15) is 11.3 Å². The summed E-state index contributed by atoms with van der Waals surface area (Å²) in [6.07, 6.45) is 0. The van der Waals surface area contributed by atoms with Crippen molar-refractivity contribution < 1.29 is 9.90 Å². The summed E-state index contributed by atoms with van der Waals surface area (Å²) in [4.78, 5) is 26.4. The molecule has 0 aliphatic rings. The van der Waals surface area contributed by atoms with Crippen molar-refractivity contribution in [2.45, 2.75) is 13.8 Å². The third-order valence-electron chi connectivity index (χ3n) is 5.15. The van der Waals surface area contributed by atoms with E-state index in [9.17, 15) is 14.7 Å². The van der Waals surface area contributed by atoms with Gasteiger partial charge in [-0.05, 0) is 55.3 Å². The molecule has 4 rings (SSSR count). The third kappa shape index (κ3) is 3.17. The van der Waals surface area contributed by atoms with Gasteiger partial charge in [-0.2, -0.15) is 0 Å². The van der Waals surface area contributed by atoms with E-state index in [0.717, 1.165) is 11.1 Å². The lowest BCUT2D eigenvalue weighted by atomic mass is 10.1. The highest BCUT2D eigenvalue weighted by Gasteiger charge is 2.23. The third-order valence-corrected chi connectivity index (χ3v) is 5.15. The first kappa shape index (κ1) is 18.5. The van der Waals surface area contributed by atoms with Crippen LogP contribution in [-0.2, 0) is 0 Å². The first-order valence-corrected chi connectivity index (χ1v) is 9.28. The second kappa shape index (κ2) is 7.28. The summed E-state index contributed by atoms with van der Waals surface area (Å²) in [7, 11) is 0. The lowest BCUT2D eigenvalue weighted by Crippen LogP contribution is -2.29. The molecule has 0 atom stereocenters. The Morgan fingerprint density at radius 3 is 2.34 bits per heavy atom. The Morgan fingerprint density at radius 2 is 1.59 bits per heavy atom. The van der Waals surface area contributed by atoms with Crippen LogP contribution in [0, 0.1) is 13.8 Å². The minimum Gasteiger partial charge on any atom is -0.506 e. The summed E-state index contributed by atoms with van der Waals surface area (Å²) in [6, 6.07) is 21.6. The van der Waals surface area contributed by atoms with Gasteiger partial charge in [0.05, 0.1) is 5.52 Å². The van der Waals surface area contributed by atoms with Gasteiger partial charge in [0.2, 0.25) is 0 Å². The van der Waals surface area contributed by atoms with Crippen molar-refractivity contribution in [1.29, 1.82) is 0 Å². The first-order chi connectivity index (χ1) is 14.0. The predicted octanol–water partition coefficient (Wildman–Crippen LogP) is 4.57. The molecule has 0 aliphatic carbocycles. The molecule has 0 bridgehead atoms. The number of fused-ring (bicyclic) bond motifs is 1. The fraction of sp³-hybridized carbons (Fsp3) is 0.0833. The molecular formula is C24H20N2O3. The number of carbonyl (C=O) groups is 1. The van der Waals surface area contributed by atoms with Crippen molar-refractivity contribution in [3.05, 3.63) is 99.8 Å². The predicted molar refractivity (Wildman–Crippen MR) is 115 cm³/mol. The molecule has 5 heteroatoms. The van der Waals surface area contributed by atoms with Crippen molar-refractivity contribution in [2.75, 3.05) is 5.32 Å². The standard InChI is InChI=1S/C24H20N2O3/c1-15-9-8-13-19(16(15)2)25-23(28)21-22(27)18-12-6-7-14-20(18)26(24(21)29)17-10-4-3-5-11-17/h3-14,27H,1-2H3,(H,25,28). The van der Waals surface area contributed by atoms with Crippen molar-refractivity contribution >= 4 is 22.5 Å². The minimum absolute atomic E-state index is 0.284. The van der Waals surface area contributed by atoms with Gasteiger partial charge in [-0.1, -0.05) is 42.5 Å². The number of benzene rings is 3. The Bertz CT molecular complexity index is 1290. The average molecular weight is 384 g/mol. The Labute approximate surface area is 167 Å². The van der Waals surface area contributed by atoms with Crippen LogP contribution in [0.1, 0.15) is 21.5 Å². The van der Waals surface area contributed by atoms with E-state index < -0.39 is 11.5 Å². The van der Waals surface area contributed by atoms with Crippen LogP contribution in [0.5, 0.6) is 5.75 Å². The fourth-order valence-corrected chi connectivity index (χ4v) is 3.44. The van der Waals surface area contributed by atoms with Crippen molar-refractivity contribution in [3.8, 4) is 11.4 Å². The number of carbonyl (C=O) groups excluding carboxylic acids is 1. The monoisotopic (exact) mass is 384 g/mol. The van der Waals surface area contributed by atoms with E-state index in [4.69, 9.17) is 0 Å². The van der Waals surface area contributed by atoms with Gasteiger partial charge >= 0.3 is 0 Å². The molecule has 0 aliphatic heterocycles. The van der Waals surface area contributed by atoms with E-state index >= 15 is 0 Å². The Kier molecular flexibility index (Phi) is 4.64. The summed E-state index contributed by atoms with van der Waals surface area (Å²) >= 11 is 0. The molecule has 1 amide bonds. The molecule has 0 saturated carbocycles. The smallest absolute Gasteiger partial charge is 0.272 e. The second-order valence-corrected chi connectivity index (χ2v) is 6.92. The van der Waals surface area contributed by atoms with E-state index in [-0.39, 0.29) is 11.3 Å². The van der Waals surface area contributed by atoms with Crippen molar-refractivity contribution in [2.24, 2.45) is 0 Å². The van der Waals surface area contributed by atoms with Crippen LogP contribution >= 0.6 is 0 Å². The zero-order valence-electron chi connectivity index (χ0n) is 16.1. The molecule has 1 aromatic heterocycles. The van der Waals surface area contributed by atoms with Crippen LogP contribution in [0.15, 0.2) is 77.6 Å². The van der Waals surface area contributed by atoms with Crippen LogP contribution < -0.4 is 10.9 Å². The molecule has 0 unspecified atom stereocenters. The number of para-hydroxylation sites is 2. The molecule has 29 heavy (non-hydrogen) atoms. The Morgan fingerprint density at radius 1 is 0.897 bits per heavy atom. The maximum atomic E-state index is 13.3. The highest BCUT2D eigenvalue weighted by atomic mass is 16.3. The van der Waals surface area contributed by atoms with Gasteiger partial charge in [0.15, 0.2) is 0 Å². The number of nitrogens with one attached hydrogen (secondary N) is 1. The number of amides is 1. The first-order valence-electron chi connectivity index (χ1n) is 9.28. The molecule has 0 radical (unpaired) electrons. The summed E-state index contributed by atoms with van der Waals surface area (Å²) in [5.41, 5.74) is 2.83. The fourth-order valence-electron chi connectivity index (χ4n) is 3.44. The molecule has 1 heterocycles. The van der Waals surface area contributed by atoms with E-state index in [1.807, 2.05) is 44.2 Å². The number of anilines is 1. The Balaban J connectivity index is 1.94. The molecule has 144 valence electrons. The number of rotatable bonds is 3. The maximum Gasteiger partial charge on any atom is 0.272 e. The van der Waals surface area contributed by atoms with Gasteiger partial charge in [-0.25, -0.2) is 0 Å². The highest BCUT2D eigenvalue weighted by molar-refractivity contribution is 6.09. The van der Waals surface area contributed by atoms with Crippen LogP contribution in [0.3, 0.4) is 0 Å². The minimum atomic E-state index is -0.642. The summed E-state index contributed by atoms with van der Waals surface area (Å²) in [5, 5.41) is 14.0. The van der Waals surface area contributed by atoms with Crippen LogP contribution in [-0.4, -0.2) is 15.6 Å². The second-order valence-electron chi connectivity index (χ2n) is 6.92. The zero-order chi connectivity index (χ0) is 20.5. The number of aromatic nitrogens is 1. The molecule has 0 fully saturated rings. The topological polar surface area (TPSA) is 71.3 Å². The highest BCUT2D eigenvalue weighted by Crippen LogP contribution is 2.29.